The lowest BCUT2D eigenvalue weighted by atomic mass is 10.3. The smallest absolute Gasteiger partial charge is 0.231 e. The average Bonchev–Trinajstić information content (AvgIpc) is 3.12. The van der Waals surface area contributed by atoms with Gasteiger partial charge in [0.2, 0.25) is 6.79 Å². The van der Waals surface area contributed by atoms with Crippen LogP contribution in [0.5, 0.6) is 11.5 Å². The van der Waals surface area contributed by atoms with Crippen molar-refractivity contribution in [1.82, 2.24) is 15.1 Å². The lowest BCUT2D eigenvalue weighted by molar-refractivity contribution is 0.174. The fourth-order valence-electron chi connectivity index (χ4n) is 2.05. The largest absolute Gasteiger partial charge is 0.454 e. The molecule has 3 rings (SSSR count). The van der Waals surface area contributed by atoms with E-state index in [0.717, 1.165) is 36.7 Å². The molecule has 0 amide bonds. The van der Waals surface area contributed by atoms with E-state index in [0.29, 0.717) is 10.1 Å². The predicted octanol–water partition coefficient (Wildman–Crippen LogP) is 2.64. The molecule has 0 radical (unpaired) electrons. The Labute approximate surface area is 138 Å². The number of nitrogens with zero attached hydrogens (tertiary/aromatic N) is 2. The van der Waals surface area contributed by atoms with Gasteiger partial charge >= 0.3 is 0 Å². The van der Waals surface area contributed by atoms with Crippen LogP contribution in [0.2, 0.25) is 5.02 Å². The second kappa shape index (κ2) is 6.85. The maximum absolute atomic E-state index is 5.81. The van der Waals surface area contributed by atoms with Gasteiger partial charge in [0.25, 0.3) is 0 Å². The second-order valence-electron chi connectivity index (χ2n) is 4.72. The number of hydrogen-bond acceptors (Lipinski definition) is 4. The first-order valence-electron chi connectivity index (χ1n) is 6.83. The predicted molar refractivity (Wildman–Crippen MR) is 88.6 cm³/mol. The number of aromatic nitrogens is 2. The number of halogens is 1. The van der Waals surface area contributed by atoms with Crippen molar-refractivity contribution in [3.8, 4) is 11.5 Å². The number of hydrogen-bond donors (Lipinski definition) is 2. The normalized spacial score (nSPS) is 12.2. The number of rotatable bonds is 5. The van der Waals surface area contributed by atoms with E-state index in [2.05, 4.69) is 15.7 Å². The highest BCUT2D eigenvalue weighted by Crippen LogP contribution is 2.34. The lowest BCUT2D eigenvalue weighted by Gasteiger charge is -2.11. The van der Waals surface area contributed by atoms with Gasteiger partial charge in [-0.1, -0.05) is 11.6 Å². The molecule has 0 unspecified atom stereocenters. The number of ether oxygens (including phenoxy) is 2. The minimum atomic E-state index is 0.263. The topological polar surface area (TPSA) is 60.3 Å². The standard InChI is InChI=1S/C14H15ClN4O2S/c15-10-7-17-19(8-10)5-1-4-16-14(22)18-11-2-3-12-13(6-11)21-9-20-12/h2-3,6-8H,1,4-5,9H2,(H2,16,18,22). The van der Waals surface area contributed by atoms with Crippen molar-refractivity contribution in [1.29, 1.82) is 0 Å². The van der Waals surface area contributed by atoms with Gasteiger partial charge in [0, 0.05) is 31.0 Å². The summed E-state index contributed by atoms with van der Waals surface area (Å²) < 4.78 is 12.4. The zero-order valence-electron chi connectivity index (χ0n) is 11.7. The third-order valence-electron chi connectivity index (χ3n) is 3.08. The van der Waals surface area contributed by atoms with Crippen LogP contribution in [0.25, 0.3) is 0 Å². The Hall–Kier alpha value is -1.99. The summed E-state index contributed by atoms with van der Waals surface area (Å²) >= 11 is 11.1. The lowest BCUT2D eigenvalue weighted by Crippen LogP contribution is -2.29. The highest BCUT2D eigenvalue weighted by Gasteiger charge is 2.13. The molecule has 0 aliphatic carbocycles. The molecule has 0 spiro atoms. The number of aryl methyl sites for hydroxylation is 1. The Morgan fingerprint density at radius 2 is 2.23 bits per heavy atom. The molecule has 0 saturated heterocycles. The van der Waals surface area contributed by atoms with Crippen LogP contribution in [0.3, 0.4) is 0 Å². The summed E-state index contributed by atoms with van der Waals surface area (Å²) in [5.74, 6) is 1.48. The number of thiocarbonyl (C=S) groups is 1. The first-order chi connectivity index (χ1) is 10.7. The molecule has 2 aromatic rings. The van der Waals surface area contributed by atoms with E-state index in [4.69, 9.17) is 33.3 Å². The molecule has 6 nitrogen and oxygen atoms in total. The van der Waals surface area contributed by atoms with Crippen LogP contribution in [0.15, 0.2) is 30.6 Å². The van der Waals surface area contributed by atoms with E-state index in [-0.39, 0.29) is 6.79 Å². The van der Waals surface area contributed by atoms with E-state index in [1.165, 1.54) is 0 Å². The van der Waals surface area contributed by atoms with Gasteiger partial charge in [0.15, 0.2) is 16.6 Å². The highest BCUT2D eigenvalue weighted by atomic mass is 35.5. The number of anilines is 1. The van der Waals surface area contributed by atoms with Gasteiger partial charge in [-0.3, -0.25) is 4.68 Å². The van der Waals surface area contributed by atoms with Crippen molar-refractivity contribution in [2.75, 3.05) is 18.7 Å². The first-order valence-corrected chi connectivity index (χ1v) is 7.62. The van der Waals surface area contributed by atoms with Crippen molar-refractivity contribution in [2.24, 2.45) is 0 Å². The summed E-state index contributed by atoms with van der Waals surface area (Å²) in [6, 6.07) is 5.62. The van der Waals surface area contributed by atoms with Gasteiger partial charge in [0.1, 0.15) is 0 Å². The monoisotopic (exact) mass is 338 g/mol. The SMILES string of the molecule is S=C(NCCCn1cc(Cl)cn1)Nc1ccc2c(c1)OCO2. The maximum atomic E-state index is 5.81. The van der Waals surface area contributed by atoms with Gasteiger partial charge < -0.3 is 20.1 Å². The average molecular weight is 339 g/mol. The molecule has 1 aliphatic rings. The van der Waals surface area contributed by atoms with E-state index in [1.54, 1.807) is 17.1 Å². The Balaban J connectivity index is 1.41. The molecule has 1 aromatic heterocycles. The van der Waals surface area contributed by atoms with Crippen LogP contribution in [0.4, 0.5) is 5.69 Å². The molecule has 22 heavy (non-hydrogen) atoms. The van der Waals surface area contributed by atoms with Crippen LogP contribution in [-0.4, -0.2) is 28.2 Å². The summed E-state index contributed by atoms with van der Waals surface area (Å²) in [5, 5.41) is 11.6. The van der Waals surface area contributed by atoms with Gasteiger partial charge in [-0.25, -0.2) is 0 Å². The summed E-state index contributed by atoms with van der Waals surface area (Å²) in [7, 11) is 0. The van der Waals surface area contributed by atoms with Crippen molar-refractivity contribution < 1.29 is 9.47 Å². The zero-order chi connectivity index (χ0) is 15.4. The van der Waals surface area contributed by atoms with Crippen LogP contribution in [-0.2, 0) is 6.54 Å². The van der Waals surface area contributed by atoms with Crippen LogP contribution in [0, 0.1) is 0 Å². The quantitative estimate of drug-likeness (QED) is 0.645. The van der Waals surface area contributed by atoms with Crippen molar-refractivity contribution >= 4 is 34.6 Å². The minimum absolute atomic E-state index is 0.263. The maximum Gasteiger partial charge on any atom is 0.231 e. The van der Waals surface area contributed by atoms with Gasteiger partial charge in [0.05, 0.1) is 11.2 Å². The fraction of sp³-hybridized carbons (Fsp3) is 0.286. The van der Waals surface area contributed by atoms with Crippen molar-refractivity contribution in [3.63, 3.8) is 0 Å². The van der Waals surface area contributed by atoms with Crippen molar-refractivity contribution in [3.05, 3.63) is 35.6 Å². The Bertz CT molecular complexity index is 677. The van der Waals surface area contributed by atoms with Gasteiger partial charge in [-0.15, -0.1) is 0 Å². The van der Waals surface area contributed by atoms with Crippen molar-refractivity contribution in [2.45, 2.75) is 13.0 Å². The molecule has 2 heterocycles. The van der Waals surface area contributed by atoms with Crippen LogP contribution in [0.1, 0.15) is 6.42 Å². The Morgan fingerprint density at radius 1 is 1.36 bits per heavy atom. The number of benzene rings is 1. The molecule has 0 bridgehead atoms. The first kappa shape index (κ1) is 14.9. The molecule has 0 saturated carbocycles. The minimum Gasteiger partial charge on any atom is -0.454 e. The van der Waals surface area contributed by atoms with Gasteiger partial charge in [-0.05, 0) is 30.8 Å². The molecular weight excluding hydrogens is 324 g/mol. The van der Waals surface area contributed by atoms with E-state index in [9.17, 15) is 0 Å². The molecule has 8 heteroatoms. The zero-order valence-corrected chi connectivity index (χ0v) is 13.3. The van der Waals surface area contributed by atoms with Gasteiger partial charge in [-0.2, -0.15) is 5.10 Å². The Morgan fingerprint density at radius 3 is 3.05 bits per heavy atom. The molecule has 116 valence electrons. The summed E-state index contributed by atoms with van der Waals surface area (Å²) in [6.45, 7) is 1.79. The number of fused-ring (bicyclic) bond motifs is 1. The summed E-state index contributed by atoms with van der Waals surface area (Å²) in [5.41, 5.74) is 0.862. The molecule has 2 N–H and O–H groups in total. The summed E-state index contributed by atoms with van der Waals surface area (Å²) in [4.78, 5) is 0. The van der Waals surface area contributed by atoms with E-state index < -0.39 is 0 Å². The van der Waals surface area contributed by atoms with E-state index in [1.807, 2.05) is 18.2 Å². The molecule has 0 atom stereocenters. The van der Waals surface area contributed by atoms with Crippen LogP contribution < -0.4 is 20.1 Å². The molecule has 1 aliphatic heterocycles. The molecular formula is C14H15ClN4O2S. The molecule has 1 aromatic carbocycles. The fourth-order valence-corrected chi connectivity index (χ4v) is 2.43. The Kier molecular flexibility index (Phi) is 4.65. The third-order valence-corrected chi connectivity index (χ3v) is 3.52. The summed E-state index contributed by atoms with van der Waals surface area (Å²) in [6.07, 6.45) is 4.31. The van der Waals surface area contributed by atoms with Crippen LogP contribution >= 0.6 is 23.8 Å². The third kappa shape index (κ3) is 3.80. The number of nitrogens with one attached hydrogen (secondary N) is 2. The highest BCUT2D eigenvalue weighted by molar-refractivity contribution is 7.80. The molecule has 0 fully saturated rings. The van der Waals surface area contributed by atoms with E-state index >= 15 is 0 Å². The second-order valence-corrected chi connectivity index (χ2v) is 5.57.